The highest BCUT2D eigenvalue weighted by molar-refractivity contribution is 6.07. The Kier molecular flexibility index (Phi) is 5.08. The summed E-state index contributed by atoms with van der Waals surface area (Å²) in [6.07, 6.45) is 3.83. The van der Waals surface area contributed by atoms with E-state index in [1.807, 2.05) is 0 Å². The number of hydrogen-bond acceptors (Lipinski definition) is 6. The van der Waals surface area contributed by atoms with Crippen molar-refractivity contribution in [1.29, 1.82) is 0 Å². The summed E-state index contributed by atoms with van der Waals surface area (Å²) in [4.78, 5) is 27.3. The van der Waals surface area contributed by atoms with Crippen molar-refractivity contribution in [3.63, 3.8) is 0 Å². The first-order valence-corrected chi connectivity index (χ1v) is 6.71. The van der Waals surface area contributed by atoms with Crippen molar-refractivity contribution in [3.05, 3.63) is 48.0 Å². The molecule has 0 amide bonds. The summed E-state index contributed by atoms with van der Waals surface area (Å²) < 4.78 is 5.04. The van der Waals surface area contributed by atoms with E-state index in [2.05, 4.69) is 10.3 Å². The third-order valence-electron chi connectivity index (χ3n) is 2.95. The molecule has 1 heterocycles. The number of ketones is 2. The van der Waals surface area contributed by atoms with Crippen LogP contribution in [0.1, 0.15) is 17.7 Å². The number of aromatic hydroxyl groups is 1. The fourth-order valence-corrected chi connectivity index (χ4v) is 1.78. The van der Waals surface area contributed by atoms with E-state index in [4.69, 9.17) is 4.42 Å². The first kappa shape index (κ1) is 15.5. The van der Waals surface area contributed by atoms with E-state index in [0.717, 1.165) is 0 Å². The summed E-state index contributed by atoms with van der Waals surface area (Å²) in [5.74, 6) is -0.0852. The van der Waals surface area contributed by atoms with E-state index in [1.165, 1.54) is 24.6 Å². The number of oxazole rings is 1. The van der Waals surface area contributed by atoms with Crippen molar-refractivity contribution in [2.75, 3.05) is 11.9 Å². The summed E-state index contributed by atoms with van der Waals surface area (Å²) in [5.41, 5.74) is 1.18. The number of para-hydroxylation sites is 1. The molecule has 22 heavy (non-hydrogen) atoms. The van der Waals surface area contributed by atoms with Gasteiger partial charge in [-0.25, -0.2) is 4.98 Å². The normalized spacial score (nSPS) is 10.8. The molecule has 2 aromatic rings. The van der Waals surface area contributed by atoms with E-state index in [0.29, 0.717) is 17.1 Å². The molecule has 0 spiro atoms. The van der Waals surface area contributed by atoms with Crippen LogP contribution < -0.4 is 5.32 Å². The van der Waals surface area contributed by atoms with Crippen molar-refractivity contribution >= 4 is 23.5 Å². The van der Waals surface area contributed by atoms with E-state index >= 15 is 0 Å². The predicted molar refractivity (Wildman–Crippen MR) is 81.5 cm³/mol. The molecule has 0 bridgehead atoms. The average Bonchev–Trinajstić information content (AvgIpc) is 2.89. The van der Waals surface area contributed by atoms with Crippen LogP contribution in [0.4, 0.5) is 5.88 Å². The smallest absolute Gasteiger partial charge is 0.216 e. The van der Waals surface area contributed by atoms with Gasteiger partial charge in [-0.1, -0.05) is 18.2 Å². The van der Waals surface area contributed by atoms with Crippen LogP contribution in [0.2, 0.25) is 0 Å². The van der Waals surface area contributed by atoms with Crippen LogP contribution >= 0.6 is 0 Å². The van der Waals surface area contributed by atoms with E-state index < -0.39 is 0 Å². The fraction of sp³-hybridized carbons (Fsp3) is 0.188. The molecule has 0 saturated heterocycles. The molecule has 0 saturated carbocycles. The number of hydrogen-bond donors (Lipinski definition) is 2. The number of nitrogens with one attached hydrogen (secondary N) is 1. The van der Waals surface area contributed by atoms with Gasteiger partial charge < -0.3 is 14.8 Å². The van der Waals surface area contributed by atoms with Crippen LogP contribution in [0.5, 0.6) is 5.75 Å². The standard InChI is InChI=1S/C16H16N2O4/c1-11-16(22-10-18-11)17-9-14(20)8-13(19)7-6-12-4-2-3-5-15(12)21/h2-7,10,17,21H,8-9H2,1H3. The van der Waals surface area contributed by atoms with Crippen LogP contribution in [0, 0.1) is 6.92 Å². The van der Waals surface area contributed by atoms with Crippen LogP contribution in [-0.2, 0) is 9.59 Å². The monoisotopic (exact) mass is 300 g/mol. The van der Waals surface area contributed by atoms with Gasteiger partial charge in [-0.15, -0.1) is 0 Å². The first-order chi connectivity index (χ1) is 10.6. The molecule has 6 heteroatoms. The van der Waals surface area contributed by atoms with Gasteiger partial charge in [0.2, 0.25) is 5.88 Å². The van der Waals surface area contributed by atoms with Gasteiger partial charge in [0.1, 0.15) is 11.4 Å². The number of aryl methyl sites for hydroxylation is 1. The Hall–Kier alpha value is -2.89. The van der Waals surface area contributed by atoms with Crippen molar-refractivity contribution in [2.45, 2.75) is 13.3 Å². The molecule has 0 radical (unpaired) electrons. The van der Waals surface area contributed by atoms with Crippen LogP contribution in [0.3, 0.4) is 0 Å². The second-order valence-electron chi connectivity index (χ2n) is 4.69. The molecular formula is C16H16N2O4. The number of benzene rings is 1. The molecule has 0 aliphatic carbocycles. The average molecular weight is 300 g/mol. The maximum Gasteiger partial charge on any atom is 0.216 e. The number of allylic oxidation sites excluding steroid dienone is 1. The summed E-state index contributed by atoms with van der Waals surface area (Å²) in [6, 6.07) is 6.64. The molecule has 1 aromatic heterocycles. The number of Topliss-reactive ketones (excluding diaryl/α,β-unsaturated/α-hetero) is 1. The van der Waals surface area contributed by atoms with Crippen molar-refractivity contribution in [1.82, 2.24) is 4.98 Å². The third-order valence-corrected chi connectivity index (χ3v) is 2.95. The quantitative estimate of drug-likeness (QED) is 0.602. The Morgan fingerprint density at radius 1 is 1.36 bits per heavy atom. The minimum atomic E-state index is -0.329. The van der Waals surface area contributed by atoms with Gasteiger partial charge >= 0.3 is 0 Å². The number of phenols is 1. The Bertz CT molecular complexity index is 704. The minimum Gasteiger partial charge on any atom is -0.507 e. The molecule has 0 unspecified atom stereocenters. The maximum absolute atomic E-state index is 11.7. The Balaban J connectivity index is 1.83. The van der Waals surface area contributed by atoms with Crippen LogP contribution in [-0.4, -0.2) is 28.2 Å². The van der Waals surface area contributed by atoms with E-state index in [1.54, 1.807) is 25.1 Å². The molecule has 0 aliphatic heterocycles. The van der Waals surface area contributed by atoms with Gasteiger partial charge in [-0.05, 0) is 25.1 Å². The number of carbonyl (C=O) groups excluding carboxylic acids is 2. The lowest BCUT2D eigenvalue weighted by atomic mass is 10.1. The fourth-order valence-electron chi connectivity index (χ4n) is 1.78. The Morgan fingerprint density at radius 3 is 2.82 bits per heavy atom. The first-order valence-electron chi connectivity index (χ1n) is 6.71. The molecular weight excluding hydrogens is 284 g/mol. The number of nitrogens with zero attached hydrogens (tertiary/aromatic N) is 1. The number of aromatic nitrogens is 1. The van der Waals surface area contributed by atoms with Crippen LogP contribution in [0.15, 0.2) is 41.2 Å². The third kappa shape index (κ3) is 4.31. The zero-order chi connectivity index (χ0) is 15.9. The van der Waals surface area contributed by atoms with Crippen molar-refractivity contribution in [3.8, 4) is 5.75 Å². The molecule has 1 aromatic carbocycles. The van der Waals surface area contributed by atoms with Gasteiger partial charge in [-0.3, -0.25) is 9.59 Å². The molecule has 0 fully saturated rings. The molecule has 0 atom stereocenters. The second kappa shape index (κ2) is 7.21. The minimum absolute atomic E-state index is 0.00774. The SMILES string of the molecule is Cc1ncoc1NCC(=O)CC(=O)C=Cc1ccccc1O. The number of anilines is 1. The molecule has 0 aliphatic rings. The van der Waals surface area contributed by atoms with Crippen molar-refractivity contribution < 1.29 is 19.1 Å². The molecule has 2 N–H and O–H groups in total. The largest absolute Gasteiger partial charge is 0.507 e. The summed E-state index contributed by atoms with van der Waals surface area (Å²) in [5, 5.41) is 12.4. The van der Waals surface area contributed by atoms with Gasteiger partial charge in [0.25, 0.3) is 0 Å². The lowest BCUT2D eigenvalue weighted by Crippen LogP contribution is -2.16. The summed E-state index contributed by atoms with van der Waals surface area (Å²) in [7, 11) is 0. The summed E-state index contributed by atoms with van der Waals surface area (Å²) in [6.45, 7) is 1.74. The lowest BCUT2D eigenvalue weighted by Gasteiger charge is -2.01. The zero-order valence-corrected chi connectivity index (χ0v) is 12.1. The van der Waals surface area contributed by atoms with Gasteiger partial charge in [-0.2, -0.15) is 0 Å². The topological polar surface area (TPSA) is 92.4 Å². The Labute approximate surface area is 127 Å². The Morgan fingerprint density at radius 2 is 2.14 bits per heavy atom. The highest BCUT2D eigenvalue weighted by atomic mass is 16.4. The molecule has 114 valence electrons. The summed E-state index contributed by atoms with van der Waals surface area (Å²) >= 11 is 0. The lowest BCUT2D eigenvalue weighted by molar-refractivity contribution is -0.123. The second-order valence-corrected chi connectivity index (χ2v) is 4.69. The van der Waals surface area contributed by atoms with Gasteiger partial charge in [0, 0.05) is 5.56 Å². The van der Waals surface area contributed by atoms with Gasteiger partial charge in [0.05, 0.1) is 13.0 Å². The van der Waals surface area contributed by atoms with Gasteiger partial charge in [0.15, 0.2) is 18.0 Å². The maximum atomic E-state index is 11.7. The highest BCUT2D eigenvalue weighted by Gasteiger charge is 2.09. The van der Waals surface area contributed by atoms with E-state index in [9.17, 15) is 14.7 Å². The predicted octanol–water partition coefficient (Wildman–Crippen LogP) is 2.34. The van der Waals surface area contributed by atoms with E-state index in [-0.39, 0.29) is 30.3 Å². The van der Waals surface area contributed by atoms with Crippen LogP contribution in [0.25, 0.3) is 6.08 Å². The number of phenolic OH excluding ortho intramolecular Hbond substituents is 1. The highest BCUT2D eigenvalue weighted by Crippen LogP contribution is 2.17. The number of carbonyl (C=O) groups is 2. The molecule has 2 rings (SSSR count). The number of rotatable bonds is 7. The van der Waals surface area contributed by atoms with Crippen molar-refractivity contribution in [2.24, 2.45) is 0 Å². The molecule has 6 nitrogen and oxygen atoms in total. The zero-order valence-electron chi connectivity index (χ0n) is 12.1.